The molecule has 3 nitrogen and oxygen atoms in total. The zero-order chi connectivity index (χ0) is 11.3. The molecule has 0 atom stereocenters. The number of carbonyl (C=O) groups is 1. The molecule has 0 aromatic heterocycles. The minimum atomic E-state index is -0.236. The SMILES string of the molecule is COC(=O)CSCc1cc(Cl)ccc1N. The minimum Gasteiger partial charge on any atom is -0.468 e. The maximum Gasteiger partial charge on any atom is 0.315 e. The third kappa shape index (κ3) is 4.01. The molecular formula is C10H12ClNO2S. The number of esters is 1. The van der Waals surface area contributed by atoms with E-state index in [4.69, 9.17) is 17.3 Å². The Labute approximate surface area is 97.9 Å². The first-order valence-corrected chi connectivity index (χ1v) is 5.85. The molecule has 0 spiro atoms. The lowest BCUT2D eigenvalue weighted by molar-refractivity contribution is -0.137. The summed E-state index contributed by atoms with van der Waals surface area (Å²) in [7, 11) is 1.37. The number of nitrogens with two attached hydrogens (primary N) is 1. The average molecular weight is 246 g/mol. The lowest BCUT2D eigenvalue weighted by Gasteiger charge is -2.05. The normalized spacial score (nSPS) is 10.0. The zero-order valence-corrected chi connectivity index (χ0v) is 9.90. The van der Waals surface area contributed by atoms with Crippen LogP contribution in [-0.2, 0) is 15.3 Å². The standard InChI is InChI=1S/C10H12ClNO2S/c1-14-10(13)6-15-5-7-4-8(11)2-3-9(7)12/h2-4H,5-6,12H2,1H3. The van der Waals surface area contributed by atoms with Gasteiger partial charge >= 0.3 is 5.97 Å². The van der Waals surface area contributed by atoms with Gasteiger partial charge in [-0.1, -0.05) is 11.6 Å². The largest absolute Gasteiger partial charge is 0.468 e. The third-order valence-electron chi connectivity index (χ3n) is 1.81. The lowest BCUT2D eigenvalue weighted by Crippen LogP contribution is -2.03. The van der Waals surface area contributed by atoms with Gasteiger partial charge in [0, 0.05) is 16.5 Å². The van der Waals surface area contributed by atoms with E-state index >= 15 is 0 Å². The van der Waals surface area contributed by atoms with E-state index in [-0.39, 0.29) is 5.97 Å². The molecule has 1 aromatic rings. The second kappa shape index (κ2) is 5.88. The van der Waals surface area contributed by atoms with Crippen molar-refractivity contribution < 1.29 is 9.53 Å². The molecule has 0 heterocycles. The zero-order valence-electron chi connectivity index (χ0n) is 8.33. The number of methoxy groups -OCH3 is 1. The molecule has 0 aliphatic heterocycles. The fourth-order valence-corrected chi connectivity index (χ4v) is 2.05. The van der Waals surface area contributed by atoms with Crippen LogP contribution in [0.2, 0.25) is 5.02 Å². The number of hydrogen-bond donors (Lipinski definition) is 1. The quantitative estimate of drug-likeness (QED) is 0.654. The summed E-state index contributed by atoms with van der Waals surface area (Å²) in [6.07, 6.45) is 0. The summed E-state index contributed by atoms with van der Waals surface area (Å²) < 4.78 is 4.53. The number of anilines is 1. The molecule has 0 aliphatic rings. The van der Waals surface area contributed by atoms with E-state index in [1.54, 1.807) is 18.2 Å². The number of rotatable bonds is 4. The van der Waals surface area contributed by atoms with E-state index in [1.807, 2.05) is 0 Å². The van der Waals surface area contributed by atoms with Crippen molar-refractivity contribution in [2.45, 2.75) is 5.75 Å². The predicted molar refractivity (Wildman–Crippen MR) is 64.0 cm³/mol. The Balaban J connectivity index is 2.50. The van der Waals surface area contributed by atoms with Gasteiger partial charge in [0.25, 0.3) is 0 Å². The van der Waals surface area contributed by atoms with Crippen LogP contribution in [0.5, 0.6) is 0 Å². The highest BCUT2D eigenvalue weighted by Gasteiger charge is 2.03. The molecule has 5 heteroatoms. The van der Waals surface area contributed by atoms with Gasteiger partial charge in [-0.15, -0.1) is 11.8 Å². The summed E-state index contributed by atoms with van der Waals surface area (Å²) in [5, 5.41) is 0.651. The molecule has 0 amide bonds. The second-order valence-electron chi connectivity index (χ2n) is 2.91. The number of carbonyl (C=O) groups excluding carboxylic acids is 1. The van der Waals surface area contributed by atoms with Crippen molar-refractivity contribution >= 4 is 35.0 Å². The van der Waals surface area contributed by atoms with Crippen molar-refractivity contribution in [1.29, 1.82) is 0 Å². The number of hydrogen-bond acceptors (Lipinski definition) is 4. The van der Waals surface area contributed by atoms with Crippen molar-refractivity contribution in [2.75, 3.05) is 18.6 Å². The predicted octanol–water partition coefficient (Wildman–Crippen LogP) is 2.33. The van der Waals surface area contributed by atoms with Crippen molar-refractivity contribution in [3.05, 3.63) is 28.8 Å². The first-order valence-electron chi connectivity index (χ1n) is 4.32. The highest BCUT2D eigenvalue weighted by atomic mass is 35.5. The maximum absolute atomic E-state index is 10.9. The molecule has 0 fully saturated rings. The van der Waals surface area contributed by atoms with Crippen LogP contribution in [0.15, 0.2) is 18.2 Å². The minimum absolute atomic E-state index is 0.236. The van der Waals surface area contributed by atoms with Crippen LogP contribution >= 0.6 is 23.4 Å². The van der Waals surface area contributed by atoms with E-state index in [2.05, 4.69) is 4.74 Å². The number of halogens is 1. The molecule has 2 N–H and O–H groups in total. The molecule has 1 rings (SSSR count). The van der Waals surface area contributed by atoms with Gasteiger partial charge in [0.1, 0.15) is 0 Å². The van der Waals surface area contributed by atoms with Crippen molar-refractivity contribution in [3.8, 4) is 0 Å². The molecule has 1 aromatic carbocycles. The topological polar surface area (TPSA) is 52.3 Å². The van der Waals surface area contributed by atoms with Crippen molar-refractivity contribution in [3.63, 3.8) is 0 Å². The number of thioether (sulfide) groups is 1. The van der Waals surface area contributed by atoms with Crippen LogP contribution in [0.3, 0.4) is 0 Å². The van der Waals surface area contributed by atoms with Crippen molar-refractivity contribution in [1.82, 2.24) is 0 Å². The van der Waals surface area contributed by atoms with E-state index in [0.29, 0.717) is 22.2 Å². The molecule has 0 radical (unpaired) electrons. The first kappa shape index (κ1) is 12.2. The highest BCUT2D eigenvalue weighted by molar-refractivity contribution is 7.99. The smallest absolute Gasteiger partial charge is 0.315 e. The Bertz CT molecular complexity index is 357. The van der Waals surface area contributed by atoms with Gasteiger partial charge in [-0.25, -0.2) is 0 Å². The van der Waals surface area contributed by atoms with Crippen LogP contribution in [0.4, 0.5) is 5.69 Å². The number of benzene rings is 1. The van der Waals surface area contributed by atoms with Crippen LogP contribution < -0.4 is 5.73 Å². The molecule has 0 unspecified atom stereocenters. The van der Waals surface area contributed by atoms with Gasteiger partial charge in [0.2, 0.25) is 0 Å². The number of nitrogen functional groups attached to an aromatic ring is 1. The highest BCUT2D eigenvalue weighted by Crippen LogP contribution is 2.22. The summed E-state index contributed by atoms with van der Waals surface area (Å²) >= 11 is 7.28. The fraction of sp³-hybridized carbons (Fsp3) is 0.300. The third-order valence-corrected chi connectivity index (χ3v) is 3.00. The first-order chi connectivity index (χ1) is 7.13. The van der Waals surface area contributed by atoms with Gasteiger partial charge in [0.05, 0.1) is 12.9 Å². The van der Waals surface area contributed by atoms with Crippen molar-refractivity contribution in [2.24, 2.45) is 0 Å². The summed E-state index contributed by atoms with van der Waals surface area (Å²) in [5.41, 5.74) is 7.38. The molecule has 0 saturated heterocycles. The molecule has 82 valence electrons. The monoisotopic (exact) mass is 245 g/mol. The average Bonchev–Trinajstić information content (AvgIpc) is 2.23. The lowest BCUT2D eigenvalue weighted by atomic mass is 10.2. The number of ether oxygens (including phenoxy) is 1. The van der Waals surface area contributed by atoms with E-state index < -0.39 is 0 Å². The Morgan fingerprint density at radius 2 is 2.33 bits per heavy atom. The van der Waals surface area contributed by atoms with Gasteiger partial charge in [-0.05, 0) is 23.8 Å². The van der Waals surface area contributed by atoms with Crippen LogP contribution in [-0.4, -0.2) is 18.8 Å². The molecule has 0 bridgehead atoms. The van der Waals surface area contributed by atoms with Gasteiger partial charge in [0.15, 0.2) is 0 Å². The Morgan fingerprint density at radius 3 is 3.00 bits per heavy atom. The van der Waals surface area contributed by atoms with Gasteiger partial charge in [-0.2, -0.15) is 0 Å². The summed E-state index contributed by atoms with van der Waals surface area (Å²) in [6, 6.07) is 5.31. The maximum atomic E-state index is 10.9. The molecule has 0 aliphatic carbocycles. The fourth-order valence-electron chi connectivity index (χ4n) is 1.00. The summed E-state index contributed by atoms with van der Waals surface area (Å²) in [5.74, 6) is 0.741. The Kier molecular flexibility index (Phi) is 4.78. The van der Waals surface area contributed by atoms with E-state index in [1.165, 1.54) is 18.9 Å². The van der Waals surface area contributed by atoms with Crippen LogP contribution in [0.1, 0.15) is 5.56 Å². The van der Waals surface area contributed by atoms with Gasteiger partial charge in [-0.3, -0.25) is 4.79 Å². The van der Waals surface area contributed by atoms with E-state index in [9.17, 15) is 4.79 Å². The van der Waals surface area contributed by atoms with Gasteiger partial charge < -0.3 is 10.5 Å². The Morgan fingerprint density at radius 1 is 1.60 bits per heavy atom. The summed E-state index contributed by atoms with van der Waals surface area (Å²) in [4.78, 5) is 10.9. The van der Waals surface area contributed by atoms with E-state index in [0.717, 1.165) is 5.56 Å². The van der Waals surface area contributed by atoms with Crippen LogP contribution in [0.25, 0.3) is 0 Å². The molecule has 0 saturated carbocycles. The molecular weight excluding hydrogens is 234 g/mol. The van der Waals surface area contributed by atoms with Crippen LogP contribution in [0, 0.1) is 0 Å². The summed E-state index contributed by atoms with van der Waals surface area (Å²) in [6.45, 7) is 0. The molecule has 15 heavy (non-hydrogen) atoms. The Hall–Kier alpha value is -0.870. The second-order valence-corrected chi connectivity index (χ2v) is 4.33.